The Balaban J connectivity index is 1.54. The van der Waals surface area contributed by atoms with Crippen molar-refractivity contribution in [3.8, 4) is 0 Å². The number of hydrogen-bond donors (Lipinski definition) is 1. The second-order valence-corrected chi connectivity index (χ2v) is 9.30. The number of nitrogens with one attached hydrogen (secondary N) is 1. The molecule has 1 aromatic carbocycles. The SMILES string of the molecule is CC1CCc2c(sc3nc(CCc4ccccc4)nc(N4CCNCC4)c23)C1. The van der Waals surface area contributed by atoms with Crippen LogP contribution in [0.3, 0.4) is 0 Å². The maximum absolute atomic E-state index is 5.13. The Morgan fingerprint density at radius 2 is 1.93 bits per heavy atom. The van der Waals surface area contributed by atoms with Crippen LogP contribution in [-0.4, -0.2) is 36.1 Å². The second kappa shape index (κ2) is 7.80. The Kier molecular flexibility index (Phi) is 5.03. The molecular formula is C23H28N4S. The van der Waals surface area contributed by atoms with Crippen LogP contribution in [0.2, 0.25) is 0 Å². The summed E-state index contributed by atoms with van der Waals surface area (Å²) >= 11 is 1.92. The van der Waals surface area contributed by atoms with Gasteiger partial charge in [-0.1, -0.05) is 37.3 Å². The molecule has 28 heavy (non-hydrogen) atoms. The van der Waals surface area contributed by atoms with Gasteiger partial charge in [-0.05, 0) is 42.7 Å². The smallest absolute Gasteiger partial charge is 0.141 e. The highest BCUT2D eigenvalue weighted by Crippen LogP contribution is 2.41. The van der Waals surface area contributed by atoms with Crippen LogP contribution < -0.4 is 10.2 Å². The molecule has 1 aliphatic heterocycles. The lowest BCUT2D eigenvalue weighted by atomic mass is 9.89. The molecule has 2 aromatic heterocycles. The van der Waals surface area contributed by atoms with Gasteiger partial charge in [0.05, 0.1) is 5.39 Å². The lowest BCUT2D eigenvalue weighted by molar-refractivity contribution is 0.509. The lowest BCUT2D eigenvalue weighted by Crippen LogP contribution is -2.44. The Morgan fingerprint density at radius 1 is 1.11 bits per heavy atom. The Labute approximate surface area is 171 Å². The van der Waals surface area contributed by atoms with Crippen molar-refractivity contribution in [2.75, 3.05) is 31.1 Å². The molecule has 1 fully saturated rings. The molecule has 146 valence electrons. The van der Waals surface area contributed by atoms with E-state index in [1.807, 2.05) is 11.3 Å². The number of nitrogens with zero attached hydrogens (tertiary/aromatic N) is 3. The summed E-state index contributed by atoms with van der Waals surface area (Å²) in [5.74, 6) is 2.98. The molecule has 1 N–H and O–H groups in total. The number of hydrogen-bond acceptors (Lipinski definition) is 5. The van der Waals surface area contributed by atoms with Crippen molar-refractivity contribution in [2.24, 2.45) is 5.92 Å². The molecule has 2 aliphatic rings. The third kappa shape index (κ3) is 3.53. The summed E-state index contributed by atoms with van der Waals surface area (Å²) in [5.41, 5.74) is 2.90. The quantitative estimate of drug-likeness (QED) is 0.728. The van der Waals surface area contributed by atoms with Gasteiger partial charge in [-0.2, -0.15) is 0 Å². The monoisotopic (exact) mass is 392 g/mol. The maximum atomic E-state index is 5.13. The Morgan fingerprint density at radius 3 is 2.75 bits per heavy atom. The third-order valence-electron chi connectivity index (χ3n) is 6.08. The van der Waals surface area contributed by atoms with Crippen LogP contribution >= 0.6 is 11.3 Å². The molecule has 5 rings (SSSR count). The first-order valence-electron chi connectivity index (χ1n) is 10.6. The summed E-state index contributed by atoms with van der Waals surface area (Å²) in [6, 6.07) is 10.7. The summed E-state index contributed by atoms with van der Waals surface area (Å²) in [6.07, 6.45) is 5.57. The van der Waals surface area contributed by atoms with Gasteiger partial charge in [0, 0.05) is 37.5 Å². The van der Waals surface area contributed by atoms with Crippen LogP contribution in [0.15, 0.2) is 30.3 Å². The Hall–Kier alpha value is -1.98. The highest BCUT2D eigenvalue weighted by atomic mass is 32.1. The van der Waals surface area contributed by atoms with E-state index in [1.165, 1.54) is 40.9 Å². The molecule has 5 heteroatoms. The molecule has 0 saturated carbocycles. The van der Waals surface area contributed by atoms with Crippen LogP contribution in [0.4, 0.5) is 5.82 Å². The standard InChI is InChI=1S/C23H28N4S/c1-16-7-9-18-19(15-16)28-23-21(18)22(27-13-11-24-12-14-27)25-20(26-23)10-8-17-5-3-2-4-6-17/h2-6,16,24H,7-15H2,1H3. The lowest BCUT2D eigenvalue weighted by Gasteiger charge is -2.29. The molecule has 0 spiro atoms. The van der Waals surface area contributed by atoms with Gasteiger partial charge in [0.1, 0.15) is 16.5 Å². The number of rotatable bonds is 4. The van der Waals surface area contributed by atoms with E-state index < -0.39 is 0 Å². The minimum absolute atomic E-state index is 0.786. The number of anilines is 1. The van der Waals surface area contributed by atoms with Crippen LogP contribution in [0.1, 0.15) is 35.2 Å². The van der Waals surface area contributed by atoms with Gasteiger partial charge in [-0.15, -0.1) is 11.3 Å². The van der Waals surface area contributed by atoms with E-state index in [0.717, 1.165) is 50.8 Å². The molecule has 1 atom stereocenters. The molecule has 0 amide bonds. The summed E-state index contributed by atoms with van der Waals surface area (Å²) < 4.78 is 0. The second-order valence-electron chi connectivity index (χ2n) is 8.22. The van der Waals surface area contributed by atoms with Crippen LogP contribution in [0.5, 0.6) is 0 Å². The van der Waals surface area contributed by atoms with E-state index in [9.17, 15) is 0 Å². The van der Waals surface area contributed by atoms with Crippen molar-refractivity contribution >= 4 is 27.4 Å². The van der Waals surface area contributed by atoms with E-state index in [-0.39, 0.29) is 0 Å². The maximum Gasteiger partial charge on any atom is 0.141 e. The van der Waals surface area contributed by atoms with Gasteiger partial charge in [0.15, 0.2) is 0 Å². The molecule has 3 aromatic rings. The number of piperazine rings is 1. The number of fused-ring (bicyclic) bond motifs is 3. The van der Waals surface area contributed by atoms with Crippen LogP contribution in [0.25, 0.3) is 10.2 Å². The molecule has 0 radical (unpaired) electrons. The highest BCUT2D eigenvalue weighted by molar-refractivity contribution is 7.19. The molecular weight excluding hydrogens is 364 g/mol. The fraction of sp³-hybridized carbons (Fsp3) is 0.478. The third-order valence-corrected chi connectivity index (χ3v) is 7.23. The number of aromatic nitrogens is 2. The first-order chi connectivity index (χ1) is 13.8. The van der Waals surface area contributed by atoms with Gasteiger partial charge in [-0.3, -0.25) is 0 Å². The molecule has 1 saturated heterocycles. The highest BCUT2D eigenvalue weighted by Gasteiger charge is 2.26. The topological polar surface area (TPSA) is 41.1 Å². The summed E-state index contributed by atoms with van der Waals surface area (Å²) in [7, 11) is 0. The van der Waals surface area contributed by atoms with Gasteiger partial charge < -0.3 is 10.2 Å². The summed E-state index contributed by atoms with van der Waals surface area (Å²) in [4.78, 5) is 15.4. The minimum Gasteiger partial charge on any atom is -0.353 e. The normalized spacial score (nSPS) is 19.8. The molecule has 3 heterocycles. The van der Waals surface area contributed by atoms with Gasteiger partial charge >= 0.3 is 0 Å². The van der Waals surface area contributed by atoms with Crippen molar-refractivity contribution in [3.05, 3.63) is 52.2 Å². The van der Waals surface area contributed by atoms with Crippen molar-refractivity contribution in [1.29, 1.82) is 0 Å². The molecule has 1 aliphatic carbocycles. The zero-order valence-corrected chi connectivity index (χ0v) is 17.4. The van der Waals surface area contributed by atoms with E-state index in [2.05, 4.69) is 47.5 Å². The average molecular weight is 393 g/mol. The summed E-state index contributed by atoms with van der Waals surface area (Å²) in [6.45, 7) is 6.51. The van der Waals surface area contributed by atoms with Crippen molar-refractivity contribution < 1.29 is 0 Å². The average Bonchev–Trinajstić information content (AvgIpc) is 3.10. The number of aryl methyl sites for hydroxylation is 3. The fourth-order valence-corrected chi connectivity index (χ4v) is 5.88. The molecule has 0 bridgehead atoms. The van der Waals surface area contributed by atoms with Crippen molar-refractivity contribution in [2.45, 2.75) is 39.0 Å². The predicted molar refractivity (Wildman–Crippen MR) is 118 cm³/mol. The minimum atomic E-state index is 0.786. The molecule has 1 unspecified atom stereocenters. The molecule has 4 nitrogen and oxygen atoms in total. The summed E-state index contributed by atoms with van der Waals surface area (Å²) in [5, 5.41) is 4.83. The Bertz CT molecular complexity index is 960. The predicted octanol–water partition coefficient (Wildman–Crippen LogP) is 4.01. The number of benzene rings is 1. The van der Waals surface area contributed by atoms with E-state index in [0.29, 0.717) is 0 Å². The van der Waals surface area contributed by atoms with Crippen LogP contribution in [-0.2, 0) is 25.7 Å². The van der Waals surface area contributed by atoms with E-state index in [1.54, 1.807) is 10.4 Å². The van der Waals surface area contributed by atoms with Crippen LogP contribution in [0, 0.1) is 5.92 Å². The van der Waals surface area contributed by atoms with Gasteiger partial charge in [0.25, 0.3) is 0 Å². The zero-order valence-electron chi connectivity index (χ0n) is 16.6. The van der Waals surface area contributed by atoms with E-state index in [4.69, 9.17) is 9.97 Å². The van der Waals surface area contributed by atoms with Gasteiger partial charge in [-0.25, -0.2) is 9.97 Å². The van der Waals surface area contributed by atoms with E-state index >= 15 is 0 Å². The first kappa shape index (κ1) is 18.1. The van der Waals surface area contributed by atoms with Gasteiger partial charge in [0.2, 0.25) is 0 Å². The largest absolute Gasteiger partial charge is 0.353 e. The van der Waals surface area contributed by atoms with Crippen molar-refractivity contribution in [1.82, 2.24) is 15.3 Å². The first-order valence-corrected chi connectivity index (χ1v) is 11.4. The van der Waals surface area contributed by atoms with Crippen molar-refractivity contribution in [3.63, 3.8) is 0 Å². The number of thiophene rings is 1. The fourth-order valence-electron chi connectivity index (χ4n) is 4.48. The zero-order chi connectivity index (χ0) is 18.9.